The second kappa shape index (κ2) is 6.49. The third kappa shape index (κ3) is 4.26. The number of aryl methyl sites for hydroxylation is 1. The first-order valence-corrected chi connectivity index (χ1v) is 5.91. The van der Waals surface area contributed by atoms with Gasteiger partial charge in [-0.3, -0.25) is 0 Å². The molecule has 0 fully saturated rings. The average molecular weight is 240 g/mol. The predicted molar refractivity (Wildman–Crippen MR) is 67.7 cm³/mol. The first-order valence-electron chi connectivity index (χ1n) is 5.91. The Morgan fingerprint density at radius 3 is 2.76 bits per heavy atom. The van der Waals surface area contributed by atoms with Crippen molar-refractivity contribution in [3.05, 3.63) is 17.8 Å². The van der Waals surface area contributed by atoms with Crippen LogP contribution in [0.1, 0.15) is 19.5 Å². The highest BCUT2D eigenvalue weighted by atomic mass is 19.1. The number of nitrogens with zero attached hydrogens (tertiary/aromatic N) is 3. The Hall–Kier alpha value is -1.23. The molecule has 0 radical (unpaired) electrons. The third-order valence-electron chi connectivity index (χ3n) is 2.48. The largest absolute Gasteiger partial charge is 0.356 e. The summed E-state index contributed by atoms with van der Waals surface area (Å²) in [6.07, 6.45) is 1.39. The zero-order valence-electron chi connectivity index (χ0n) is 11.0. The van der Waals surface area contributed by atoms with Crippen LogP contribution in [0.5, 0.6) is 0 Å². The van der Waals surface area contributed by atoms with E-state index in [-0.39, 0.29) is 5.82 Å². The lowest BCUT2D eigenvalue weighted by Gasteiger charge is -2.19. The van der Waals surface area contributed by atoms with Crippen LogP contribution in [-0.4, -0.2) is 36.6 Å². The molecule has 1 heterocycles. The maximum absolute atomic E-state index is 13.7. The first-order chi connectivity index (χ1) is 8.02. The number of hydrogen-bond donors (Lipinski definition) is 1. The molecule has 0 aliphatic heterocycles. The van der Waals surface area contributed by atoms with E-state index in [9.17, 15) is 4.39 Å². The third-order valence-corrected chi connectivity index (χ3v) is 2.48. The molecule has 0 saturated carbocycles. The Bertz CT molecular complexity index is 354. The van der Waals surface area contributed by atoms with Crippen molar-refractivity contribution >= 4 is 5.82 Å². The molecule has 0 saturated heterocycles. The number of rotatable bonds is 6. The molecule has 0 aromatic carbocycles. The molecule has 1 aromatic rings. The van der Waals surface area contributed by atoms with Gasteiger partial charge in [-0.05, 0) is 19.4 Å². The number of halogens is 1. The summed E-state index contributed by atoms with van der Waals surface area (Å²) >= 11 is 0. The molecule has 0 amide bonds. The summed E-state index contributed by atoms with van der Waals surface area (Å²) in [5.41, 5.74) is 0.386. The van der Waals surface area contributed by atoms with E-state index in [1.165, 1.54) is 6.33 Å². The lowest BCUT2D eigenvalue weighted by Crippen LogP contribution is -2.32. The van der Waals surface area contributed by atoms with Gasteiger partial charge in [-0.1, -0.05) is 13.8 Å². The van der Waals surface area contributed by atoms with Crippen molar-refractivity contribution in [1.29, 1.82) is 0 Å². The summed E-state index contributed by atoms with van der Waals surface area (Å²) in [5.74, 6) is 0.654. The van der Waals surface area contributed by atoms with E-state index >= 15 is 0 Å². The number of hydrogen-bond acceptors (Lipinski definition) is 4. The van der Waals surface area contributed by atoms with Crippen molar-refractivity contribution in [2.24, 2.45) is 5.92 Å². The molecule has 0 bridgehead atoms. The van der Waals surface area contributed by atoms with Gasteiger partial charge in [0, 0.05) is 20.1 Å². The second-order valence-corrected chi connectivity index (χ2v) is 4.62. The van der Waals surface area contributed by atoms with Crippen LogP contribution in [0.2, 0.25) is 0 Å². The monoisotopic (exact) mass is 240 g/mol. The number of aromatic nitrogens is 2. The lowest BCUT2D eigenvalue weighted by molar-refractivity contribution is 0.549. The van der Waals surface area contributed by atoms with Gasteiger partial charge in [-0.25, -0.2) is 14.4 Å². The highest BCUT2D eigenvalue weighted by molar-refractivity contribution is 5.39. The normalized spacial score (nSPS) is 10.9. The van der Waals surface area contributed by atoms with Crippen molar-refractivity contribution in [3.8, 4) is 0 Å². The van der Waals surface area contributed by atoms with Crippen LogP contribution < -0.4 is 10.2 Å². The van der Waals surface area contributed by atoms with Gasteiger partial charge in [0.25, 0.3) is 0 Å². The Morgan fingerprint density at radius 1 is 1.41 bits per heavy atom. The second-order valence-electron chi connectivity index (χ2n) is 4.62. The molecular formula is C12H21FN4. The number of likely N-dealkylation sites (N-methyl/N-ethyl adjacent to an activating group) is 1. The molecule has 1 N–H and O–H groups in total. The maximum atomic E-state index is 13.7. The lowest BCUT2D eigenvalue weighted by atomic mass is 10.2. The zero-order valence-corrected chi connectivity index (χ0v) is 11.0. The molecule has 1 aromatic heterocycles. The van der Waals surface area contributed by atoms with Crippen molar-refractivity contribution in [2.75, 3.05) is 31.6 Å². The Balaban J connectivity index is 2.47. The molecule has 0 spiro atoms. The fourth-order valence-electron chi connectivity index (χ4n) is 1.45. The van der Waals surface area contributed by atoms with E-state index < -0.39 is 0 Å². The van der Waals surface area contributed by atoms with Gasteiger partial charge in [0.15, 0.2) is 11.6 Å². The Labute approximate surface area is 102 Å². The van der Waals surface area contributed by atoms with Gasteiger partial charge < -0.3 is 10.2 Å². The summed E-state index contributed by atoms with van der Waals surface area (Å²) in [6, 6.07) is 0. The molecule has 17 heavy (non-hydrogen) atoms. The standard InChI is InChI=1S/C12H21FN4/c1-9(2)7-14-5-6-17(4)12-11(13)10(3)15-8-16-12/h8-9,14H,5-7H2,1-4H3. The van der Waals surface area contributed by atoms with Crippen LogP contribution in [0.25, 0.3) is 0 Å². The smallest absolute Gasteiger partial charge is 0.186 e. The molecule has 0 aliphatic rings. The van der Waals surface area contributed by atoms with Gasteiger partial charge in [-0.15, -0.1) is 0 Å². The average Bonchev–Trinajstić information content (AvgIpc) is 2.27. The van der Waals surface area contributed by atoms with E-state index in [0.717, 1.165) is 19.6 Å². The molecule has 4 nitrogen and oxygen atoms in total. The number of nitrogens with one attached hydrogen (secondary N) is 1. The van der Waals surface area contributed by atoms with Gasteiger partial charge >= 0.3 is 0 Å². The first kappa shape index (κ1) is 13.8. The minimum Gasteiger partial charge on any atom is -0.356 e. The van der Waals surface area contributed by atoms with Gasteiger partial charge in [0.05, 0.1) is 5.69 Å². The van der Waals surface area contributed by atoms with E-state index in [1.807, 2.05) is 7.05 Å². The summed E-state index contributed by atoms with van der Waals surface area (Å²) in [7, 11) is 1.84. The molecular weight excluding hydrogens is 219 g/mol. The summed E-state index contributed by atoms with van der Waals surface area (Å²) in [6.45, 7) is 8.47. The Kier molecular flexibility index (Phi) is 5.28. The van der Waals surface area contributed by atoms with Gasteiger partial charge in [0.1, 0.15) is 6.33 Å². The fourth-order valence-corrected chi connectivity index (χ4v) is 1.45. The molecule has 0 unspecified atom stereocenters. The van der Waals surface area contributed by atoms with Crippen molar-refractivity contribution in [2.45, 2.75) is 20.8 Å². The van der Waals surface area contributed by atoms with Gasteiger partial charge in [-0.2, -0.15) is 0 Å². The SMILES string of the molecule is Cc1ncnc(N(C)CCNCC(C)C)c1F. The van der Waals surface area contributed by atoms with E-state index in [0.29, 0.717) is 17.4 Å². The number of anilines is 1. The molecule has 96 valence electrons. The minimum absolute atomic E-state index is 0.334. The summed E-state index contributed by atoms with van der Waals surface area (Å²) in [5, 5.41) is 3.31. The Morgan fingerprint density at radius 2 is 2.12 bits per heavy atom. The van der Waals surface area contributed by atoms with Crippen LogP contribution in [-0.2, 0) is 0 Å². The predicted octanol–water partition coefficient (Wildman–Crippen LogP) is 1.61. The van der Waals surface area contributed by atoms with Crippen LogP contribution in [0.4, 0.5) is 10.2 Å². The van der Waals surface area contributed by atoms with Crippen molar-refractivity contribution in [1.82, 2.24) is 15.3 Å². The fraction of sp³-hybridized carbons (Fsp3) is 0.667. The molecule has 0 atom stereocenters. The van der Waals surface area contributed by atoms with Crippen molar-refractivity contribution in [3.63, 3.8) is 0 Å². The highest BCUT2D eigenvalue weighted by Gasteiger charge is 2.11. The molecule has 0 aliphatic carbocycles. The highest BCUT2D eigenvalue weighted by Crippen LogP contribution is 2.14. The zero-order chi connectivity index (χ0) is 12.8. The quantitative estimate of drug-likeness (QED) is 0.767. The van der Waals surface area contributed by atoms with E-state index in [4.69, 9.17) is 0 Å². The molecule has 1 rings (SSSR count). The van der Waals surface area contributed by atoms with Crippen LogP contribution in [0.15, 0.2) is 6.33 Å². The molecule has 5 heteroatoms. The van der Waals surface area contributed by atoms with Crippen LogP contribution >= 0.6 is 0 Å². The summed E-state index contributed by atoms with van der Waals surface area (Å²) < 4.78 is 13.7. The van der Waals surface area contributed by atoms with E-state index in [2.05, 4.69) is 29.1 Å². The van der Waals surface area contributed by atoms with E-state index in [1.54, 1.807) is 11.8 Å². The van der Waals surface area contributed by atoms with Crippen LogP contribution in [0.3, 0.4) is 0 Å². The van der Waals surface area contributed by atoms with Crippen molar-refractivity contribution < 1.29 is 4.39 Å². The minimum atomic E-state index is -0.334. The maximum Gasteiger partial charge on any atom is 0.186 e. The van der Waals surface area contributed by atoms with Gasteiger partial charge in [0.2, 0.25) is 0 Å². The summed E-state index contributed by atoms with van der Waals surface area (Å²) in [4.78, 5) is 9.58. The van der Waals surface area contributed by atoms with Crippen LogP contribution in [0, 0.1) is 18.7 Å². The topological polar surface area (TPSA) is 41.1 Å².